The Kier molecular flexibility index (Phi) is 4.91. The number of hydrogen-bond acceptors (Lipinski definition) is 4. The van der Waals surface area contributed by atoms with Gasteiger partial charge in [-0.3, -0.25) is 5.10 Å². The summed E-state index contributed by atoms with van der Waals surface area (Å²) in [7, 11) is 1.71. The van der Waals surface area contributed by atoms with Gasteiger partial charge in [0.05, 0.1) is 7.11 Å². The Morgan fingerprint density at radius 1 is 1.21 bits per heavy atom. The molecule has 2 aromatic carbocycles. The first-order chi connectivity index (χ1) is 11.7. The van der Waals surface area contributed by atoms with Crippen molar-refractivity contribution >= 4 is 0 Å². The van der Waals surface area contributed by atoms with Gasteiger partial charge in [-0.15, -0.1) is 0 Å². The molecule has 0 saturated heterocycles. The molecular formula is C19H22N4O. The number of benzene rings is 2. The van der Waals surface area contributed by atoms with Gasteiger partial charge in [0.25, 0.3) is 0 Å². The first-order valence-electron chi connectivity index (χ1n) is 8.00. The molecule has 24 heavy (non-hydrogen) atoms. The molecule has 0 fully saturated rings. The van der Waals surface area contributed by atoms with Crippen molar-refractivity contribution in [3.8, 4) is 17.1 Å². The van der Waals surface area contributed by atoms with Crippen LogP contribution in [-0.4, -0.2) is 22.3 Å². The van der Waals surface area contributed by atoms with Crippen LogP contribution in [0.15, 0.2) is 48.8 Å². The molecule has 0 radical (unpaired) electrons. The Morgan fingerprint density at radius 3 is 2.83 bits per heavy atom. The van der Waals surface area contributed by atoms with Gasteiger partial charge in [-0.05, 0) is 31.5 Å². The van der Waals surface area contributed by atoms with Gasteiger partial charge in [-0.1, -0.05) is 35.9 Å². The fraction of sp³-hybridized carbons (Fsp3) is 0.263. The van der Waals surface area contributed by atoms with E-state index < -0.39 is 0 Å². The van der Waals surface area contributed by atoms with Crippen molar-refractivity contribution in [3.63, 3.8) is 0 Å². The zero-order chi connectivity index (χ0) is 16.9. The van der Waals surface area contributed by atoms with Crippen LogP contribution < -0.4 is 10.1 Å². The lowest BCUT2D eigenvalue weighted by atomic mass is 10.0. The fourth-order valence-corrected chi connectivity index (χ4v) is 2.75. The van der Waals surface area contributed by atoms with Crippen LogP contribution in [0.5, 0.6) is 5.75 Å². The maximum Gasteiger partial charge on any atom is 0.155 e. The van der Waals surface area contributed by atoms with E-state index in [0.717, 1.165) is 23.7 Å². The quantitative estimate of drug-likeness (QED) is 0.727. The molecule has 1 aromatic heterocycles. The van der Waals surface area contributed by atoms with Gasteiger partial charge in [0.2, 0.25) is 0 Å². The Balaban J connectivity index is 1.72. The Hall–Kier alpha value is -2.66. The van der Waals surface area contributed by atoms with Crippen LogP contribution in [0, 0.1) is 6.92 Å². The number of rotatable bonds is 6. The van der Waals surface area contributed by atoms with E-state index in [9.17, 15) is 0 Å². The maximum absolute atomic E-state index is 5.48. The van der Waals surface area contributed by atoms with Gasteiger partial charge in [-0.2, -0.15) is 5.10 Å². The van der Waals surface area contributed by atoms with Gasteiger partial charge in [0.15, 0.2) is 5.82 Å². The van der Waals surface area contributed by atoms with Crippen LogP contribution >= 0.6 is 0 Å². The van der Waals surface area contributed by atoms with Crippen LogP contribution in [0.2, 0.25) is 0 Å². The molecule has 0 bridgehead atoms. The lowest BCUT2D eigenvalue weighted by Gasteiger charge is -2.18. The predicted octanol–water partition coefficient (Wildman–Crippen LogP) is 3.64. The van der Waals surface area contributed by atoms with Crippen molar-refractivity contribution in [2.75, 3.05) is 7.11 Å². The van der Waals surface area contributed by atoms with Gasteiger partial charge in [0.1, 0.15) is 12.1 Å². The summed E-state index contributed by atoms with van der Waals surface area (Å²) in [5.74, 6) is 1.70. The van der Waals surface area contributed by atoms with Crippen molar-refractivity contribution in [1.29, 1.82) is 0 Å². The van der Waals surface area contributed by atoms with Crippen molar-refractivity contribution in [1.82, 2.24) is 20.5 Å². The molecule has 5 nitrogen and oxygen atoms in total. The summed E-state index contributed by atoms with van der Waals surface area (Å²) < 4.78 is 5.48. The number of hydrogen-bond donors (Lipinski definition) is 2. The van der Waals surface area contributed by atoms with E-state index in [1.165, 1.54) is 23.0 Å². The molecule has 5 heteroatoms. The average molecular weight is 322 g/mol. The number of H-pyrrole nitrogens is 1. The summed E-state index contributed by atoms with van der Waals surface area (Å²) in [6.07, 6.45) is 1.52. The van der Waals surface area contributed by atoms with Gasteiger partial charge < -0.3 is 10.1 Å². The standard InChI is InChI=1S/C19H22N4O/c1-13-7-8-18(24-3)17(9-13)14(2)20-11-15-5-4-6-16(10-15)19-21-12-22-23-19/h4-10,12,14,20H,11H2,1-3H3,(H,21,22,23)/t14-/m0/s1. The average Bonchev–Trinajstić information content (AvgIpc) is 3.14. The van der Waals surface area contributed by atoms with Gasteiger partial charge in [0, 0.05) is 23.7 Å². The number of aryl methyl sites for hydroxylation is 1. The first kappa shape index (κ1) is 16.2. The van der Waals surface area contributed by atoms with Crippen molar-refractivity contribution in [2.24, 2.45) is 0 Å². The highest BCUT2D eigenvalue weighted by Gasteiger charge is 2.11. The Morgan fingerprint density at radius 2 is 2.08 bits per heavy atom. The lowest BCUT2D eigenvalue weighted by Crippen LogP contribution is -2.18. The smallest absolute Gasteiger partial charge is 0.155 e. The van der Waals surface area contributed by atoms with Crippen LogP contribution in [-0.2, 0) is 6.54 Å². The molecule has 1 heterocycles. The van der Waals surface area contributed by atoms with E-state index >= 15 is 0 Å². The maximum atomic E-state index is 5.48. The number of nitrogens with one attached hydrogen (secondary N) is 2. The molecule has 0 aliphatic heterocycles. The minimum absolute atomic E-state index is 0.189. The Labute approximate surface area is 142 Å². The summed E-state index contributed by atoms with van der Waals surface area (Å²) >= 11 is 0. The summed E-state index contributed by atoms with van der Waals surface area (Å²) in [6.45, 7) is 5.01. The SMILES string of the molecule is COc1ccc(C)cc1[C@H](C)NCc1cccc(-c2ncn[nH]2)c1. The molecule has 3 rings (SSSR count). The molecule has 124 valence electrons. The van der Waals surface area contributed by atoms with Crippen molar-refractivity contribution in [2.45, 2.75) is 26.4 Å². The predicted molar refractivity (Wildman–Crippen MR) is 94.8 cm³/mol. The summed E-state index contributed by atoms with van der Waals surface area (Å²) in [4.78, 5) is 4.20. The van der Waals surface area contributed by atoms with E-state index in [4.69, 9.17) is 4.74 Å². The van der Waals surface area contributed by atoms with E-state index in [1.807, 2.05) is 18.2 Å². The molecule has 0 amide bonds. The molecule has 0 aliphatic rings. The Bertz CT molecular complexity index is 799. The monoisotopic (exact) mass is 322 g/mol. The molecule has 3 aromatic rings. The topological polar surface area (TPSA) is 62.8 Å². The van der Waals surface area contributed by atoms with Crippen LogP contribution in [0.25, 0.3) is 11.4 Å². The highest BCUT2D eigenvalue weighted by molar-refractivity contribution is 5.55. The third kappa shape index (κ3) is 3.63. The van der Waals surface area contributed by atoms with Crippen LogP contribution in [0.3, 0.4) is 0 Å². The summed E-state index contributed by atoms with van der Waals surface area (Å²) in [6, 6.07) is 14.7. The number of methoxy groups -OCH3 is 1. The molecule has 0 spiro atoms. The first-order valence-corrected chi connectivity index (χ1v) is 8.00. The second kappa shape index (κ2) is 7.27. The second-order valence-electron chi connectivity index (χ2n) is 5.88. The zero-order valence-corrected chi connectivity index (χ0v) is 14.2. The molecule has 1 atom stereocenters. The highest BCUT2D eigenvalue weighted by Crippen LogP contribution is 2.26. The summed E-state index contributed by atoms with van der Waals surface area (Å²) in [5.41, 5.74) is 4.63. The number of nitrogens with zero attached hydrogens (tertiary/aromatic N) is 2. The summed E-state index contributed by atoms with van der Waals surface area (Å²) in [5, 5.41) is 10.4. The second-order valence-corrected chi connectivity index (χ2v) is 5.88. The van der Waals surface area contributed by atoms with Gasteiger partial charge >= 0.3 is 0 Å². The number of aromatic amines is 1. The van der Waals surface area contributed by atoms with E-state index in [2.05, 4.69) is 58.6 Å². The van der Waals surface area contributed by atoms with Crippen LogP contribution in [0.4, 0.5) is 0 Å². The van der Waals surface area contributed by atoms with Crippen LogP contribution in [0.1, 0.15) is 29.7 Å². The lowest BCUT2D eigenvalue weighted by molar-refractivity contribution is 0.401. The van der Waals surface area contributed by atoms with E-state index in [0.29, 0.717) is 0 Å². The third-order valence-electron chi connectivity index (χ3n) is 4.08. The minimum Gasteiger partial charge on any atom is -0.496 e. The van der Waals surface area contributed by atoms with E-state index in [1.54, 1.807) is 7.11 Å². The van der Waals surface area contributed by atoms with Gasteiger partial charge in [-0.25, -0.2) is 4.98 Å². The largest absolute Gasteiger partial charge is 0.496 e. The van der Waals surface area contributed by atoms with E-state index in [-0.39, 0.29) is 6.04 Å². The molecule has 0 unspecified atom stereocenters. The number of ether oxygens (including phenoxy) is 1. The minimum atomic E-state index is 0.189. The molecular weight excluding hydrogens is 300 g/mol. The van der Waals surface area contributed by atoms with Crippen molar-refractivity contribution in [3.05, 3.63) is 65.5 Å². The molecule has 0 saturated carbocycles. The number of aromatic nitrogens is 3. The molecule has 2 N–H and O–H groups in total. The third-order valence-corrected chi connectivity index (χ3v) is 4.08. The van der Waals surface area contributed by atoms with Crippen molar-refractivity contribution < 1.29 is 4.74 Å². The molecule has 0 aliphatic carbocycles. The normalized spacial score (nSPS) is 12.1. The highest BCUT2D eigenvalue weighted by atomic mass is 16.5. The zero-order valence-electron chi connectivity index (χ0n) is 14.2. The fourth-order valence-electron chi connectivity index (χ4n) is 2.75.